The zero-order valence-electron chi connectivity index (χ0n) is 17.6. The minimum atomic E-state index is -1.28. The molecule has 0 aromatic heterocycles. The van der Waals surface area contributed by atoms with Crippen molar-refractivity contribution in [1.29, 1.82) is 0 Å². The predicted molar refractivity (Wildman–Crippen MR) is 113 cm³/mol. The van der Waals surface area contributed by atoms with Crippen molar-refractivity contribution in [3.05, 3.63) is 28.2 Å². The smallest absolute Gasteiger partial charge is 0.309 e. The normalized spacial score (nSPS) is 17.4. The molecule has 0 bridgehead atoms. The Hall–Kier alpha value is -1.68. The molecule has 170 valence electrons. The highest BCUT2D eigenvalue weighted by molar-refractivity contribution is 9.10. The van der Waals surface area contributed by atoms with Crippen LogP contribution in [0, 0.1) is 11.8 Å². The van der Waals surface area contributed by atoms with Gasteiger partial charge in [-0.1, -0.05) is 22.9 Å². The number of benzene rings is 1. The van der Waals surface area contributed by atoms with Crippen LogP contribution in [0.2, 0.25) is 0 Å². The van der Waals surface area contributed by atoms with E-state index in [0.29, 0.717) is 12.8 Å². The van der Waals surface area contributed by atoms with E-state index >= 15 is 0 Å². The quantitative estimate of drug-likeness (QED) is 0.328. The first-order valence-electron chi connectivity index (χ1n) is 9.77. The van der Waals surface area contributed by atoms with E-state index in [2.05, 4.69) is 15.9 Å². The van der Waals surface area contributed by atoms with Gasteiger partial charge in [0.05, 0.1) is 30.7 Å². The van der Waals surface area contributed by atoms with Crippen molar-refractivity contribution in [3.63, 3.8) is 0 Å². The number of rotatable bonds is 12. The van der Waals surface area contributed by atoms with E-state index in [1.54, 1.807) is 32.2 Å². The van der Waals surface area contributed by atoms with Crippen LogP contribution in [0.4, 0.5) is 0 Å². The van der Waals surface area contributed by atoms with Gasteiger partial charge in [-0.3, -0.25) is 9.59 Å². The average Bonchev–Trinajstić information content (AvgIpc) is 2.68. The Morgan fingerprint density at radius 2 is 1.77 bits per heavy atom. The molecule has 1 rings (SSSR count). The highest BCUT2D eigenvalue weighted by Gasteiger charge is 2.33. The maximum absolute atomic E-state index is 12.2. The fourth-order valence-corrected chi connectivity index (χ4v) is 3.65. The minimum absolute atomic E-state index is 0.103. The van der Waals surface area contributed by atoms with Gasteiger partial charge in [0.1, 0.15) is 11.9 Å². The summed E-state index contributed by atoms with van der Waals surface area (Å²) in [5.41, 5.74) is 0.754. The monoisotopic (exact) mass is 490 g/mol. The summed E-state index contributed by atoms with van der Waals surface area (Å²) in [5.74, 6) is -3.05. The van der Waals surface area contributed by atoms with Crippen LogP contribution in [0.15, 0.2) is 22.7 Å². The molecule has 0 aliphatic rings. The lowest BCUT2D eigenvalue weighted by Gasteiger charge is -2.29. The Balaban J connectivity index is 2.88. The summed E-state index contributed by atoms with van der Waals surface area (Å²) >= 11 is 3.44. The van der Waals surface area contributed by atoms with Gasteiger partial charge in [0, 0.05) is 11.6 Å². The molecule has 8 nitrogen and oxygen atoms in total. The number of hydrogen-bond acceptors (Lipinski definition) is 7. The van der Waals surface area contributed by atoms with Crippen molar-refractivity contribution in [1.82, 2.24) is 0 Å². The van der Waals surface area contributed by atoms with Crippen LogP contribution in [-0.4, -0.2) is 57.8 Å². The molecule has 0 unspecified atom stereocenters. The largest absolute Gasteiger partial charge is 0.508 e. The highest BCUT2D eigenvalue weighted by atomic mass is 79.9. The number of halogens is 1. The predicted octanol–water partition coefficient (Wildman–Crippen LogP) is 3.02. The van der Waals surface area contributed by atoms with Crippen LogP contribution in [0.25, 0.3) is 0 Å². The second kappa shape index (κ2) is 12.2. The molecule has 0 spiro atoms. The molecule has 9 heteroatoms. The summed E-state index contributed by atoms with van der Waals surface area (Å²) in [6, 6.07) is 4.86. The lowest BCUT2D eigenvalue weighted by molar-refractivity contribution is -0.164. The average molecular weight is 491 g/mol. The zero-order chi connectivity index (χ0) is 23.0. The van der Waals surface area contributed by atoms with Gasteiger partial charge < -0.3 is 29.9 Å². The molecular formula is C21H31BrO8. The van der Waals surface area contributed by atoms with Gasteiger partial charge in [-0.25, -0.2) is 0 Å². The number of carbonyl (C=O) groups excluding carboxylic acids is 1. The molecule has 0 aliphatic carbocycles. The van der Waals surface area contributed by atoms with Crippen molar-refractivity contribution >= 4 is 27.9 Å². The lowest BCUT2D eigenvalue weighted by Crippen LogP contribution is -2.37. The molecule has 0 saturated heterocycles. The fraction of sp³-hybridized carbons (Fsp3) is 0.619. The molecule has 0 saturated carbocycles. The second-order valence-corrected chi connectivity index (χ2v) is 8.43. The summed E-state index contributed by atoms with van der Waals surface area (Å²) in [4.78, 5) is 23.7. The summed E-state index contributed by atoms with van der Waals surface area (Å²) in [5, 5.41) is 38.2. The number of phenolic OH excluding ortho intramolecular Hbond substituents is 1. The molecule has 0 aliphatic heterocycles. The number of esters is 1. The number of hydrogen-bond donors (Lipinski definition) is 4. The van der Waals surface area contributed by atoms with Crippen molar-refractivity contribution in [2.24, 2.45) is 11.8 Å². The molecule has 1 aromatic carbocycles. The summed E-state index contributed by atoms with van der Waals surface area (Å²) in [6.07, 6.45) is -3.11. The maximum Gasteiger partial charge on any atom is 0.309 e. The molecule has 4 N–H and O–H groups in total. The second-order valence-electron chi connectivity index (χ2n) is 7.58. The lowest BCUT2D eigenvalue weighted by atomic mass is 9.88. The van der Waals surface area contributed by atoms with Gasteiger partial charge in [-0.15, -0.1) is 0 Å². The van der Waals surface area contributed by atoms with Crippen LogP contribution in [0.5, 0.6) is 5.75 Å². The number of carbonyl (C=O) groups is 2. The number of aromatic hydroxyl groups is 1. The Morgan fingerprint density at radius 3 is 2.30 bits per heavy atom. The topological polar surface area (TPSA) is 134 Å². The molecule has 1 aromatic rings. The molecule has 0 heterocycles. The number of aliphatic hydroxyl groups excluding tert-OH is 2. The number of methoxy groups -OCH3 is 1. The van der Waals surface area contributed by atoms with Gasteiger partial charge in [0.15, 0.2) is 0 Å². The first kappa shape index (κ1) is 26.4. The zero-order valence-corrected chi connectivity index (χ0v) is 19.2. The fourth-order valence-electron chi connectivity index (χ4n) is 3.15. The molecule has 0 amide bonds. The van der Waals surface area contributed by atoms with Crippen LogP contribution >= 0.6 is 15.9 Å². The number of aliphatic carboxylic acids is 1. The standard InChI is InChI=1S/C21H31BrO8/c1-11(5-8-18(29-4)15-9-14(24)6-7-16(15)22)20(12(2)21(27)28)30-19(26)10-17(25)13(3)23/h6-7,9,11-13,17-18,20,23-25H,5,8,10H2,1-4H3,(H,27,28)/t11-,12+,13+,17+,18+,20+/m0/s1. The molecule has 0 fully saturated rings. The molecule has 6 atom stereocenters. The first-order chi connectivity index (χ1) is 14.0. The van der Waals surface area contributed by atoms with Crippen LogP contribution in [-0.2, 0) is 19.1 Å². The third kappa shape index (κ3) is 7.86. The van der Waals surface area contributed by atoms with Gasteiger partial charge in [-0.2, -0.15) is 0 Å². The Morgan fingerprint density at radius 1 is 1.13 bits per heavy atom. The van der Waals surface area contributed by atoms with Gasteiger partial charge in [0.25, 0.3) is 0 Å². The maximum atomic E-state index is 12.2. The summed E-state index contributed by atoms with van der Waals surface area (Å²) in [6.45, 7) is 4.59. The number of phenols is 1. The van der Waals surface area contributed by atoms with Crippen LogP contribution in [0.3, 0.4) is 0 Å². The van der Waals surface area contributed by atoms with E-state index in [4.69, 9.17) is 9.47 Å². The van der Waals surface area contributed by atoms with E-state index < -0.39 is 42.6 Å². The summed E-state index contributed by atoms with van der Waals surface area (Å²) in [7, 11) is 1.54. The van der Waals surface area contributed by atoms with Gasteiger partial charge >= 0.3 is 11.9 Å². The number of ether oxygens (including phenoxy) is 2. The summed E-state index contributed by atoms with van der Waals surface area (Å²) < 4.78 is 11.7. The molecule has 0 radical (unpaired) electrons. The van der Waals surface area contributed by atoms with E-state index in [0.717, 1.165) is 10.0 Å². The SMILES string of the molecule is CO[C@H](CC[C@H](C)[C@@H](OC(=O)C[C@@H](O)[C@@H](C)O)[C@@H](C)C(=O)O)c1cc(O)ccc1Br. The number of aliphatic hydroxyl groups is 2. The highest BCUT2D eigenvalue weighted by Crippen LogP contribution is 2.34. The molecular weight excluding hydrogens is 460 g/mol. The Labute approximate surface area is 185 Å². The van der Waals surface area contributed by atoms with E-state index in [1.807, 2.05) is 0 Å². The third-order valence-electron chi connectivity index (χ3n) is 5.14. The van der Waals surface area contributed by atoms with Crippen molar-refractivity contribution in [3.8, 4) is 5.75 Å². The van der Waals surface area contributed by atoms with E-state index in [9.17, 15) is 30.0 Å². The Kier molecular flexibility index (Phi) is 10.8. The van der Waals surface area contributed by atoms with Crippen molar-refractivity contribution in [2.45, 2.75) is 64.4 Å². The number of carboxylic acids is 1. The Bertz CT molecular complexity index is 708. The van der Waals surface area contributed by atoms with Crippen LogP contribution in [0.1, 0.15) is 51.7 Å². The first-order valence-corrected chi connectivity index (χ1v) is 10.6. The van der Waals surface area contributed by atoms with E-state index in [-0.39, 0.29) is 17.8 Å². The molecule has 30 heavy (non-hydrogen) atoms. The van der Waals surface area contributed by atoms with E-state index in [1.165, 1.54) is 13.8 Å². The van der Waals surface area contributed by atoms with Crippen molar-refractivity contribution < 1.29 is 39.5 Å². The van der Waals surface area contributed by atoms with Gasteiger partial charge in [0.2, 0.25) is 0 Å². The third-order valence-corrected chi connectivity index (χ3v) is 5.86. The van der Waals surface area contributed by atoms with Crippen LogP contribution < -0.4 is 0 Å². The van der Waals surface area contributed by atoms with Gasteiger partial charge in [-0.05, 0) is 56.4 Å². The van der Waals surface area contributed by atoms with Crippen molar-refractivity contribution in [2.75, 3.05) is 7.11 Å². The minimum Gasteiger partial charge on any atom is -0.508 e. The number of carboxylic acid groups (broad SMARTS) is 1.